The van der Waals surface area contributed by atoms with Gasteiger partial charge >= 0.3 is 0 Å². The highest BCUT2D eigenvalue weighted by molar-refractivity contribution is 5.91. The summed E-state index contributed by atoms with van der Waals surface area (Å²) in [4.78, 5) is 34.0. The Bertz CT molecular complexity index is 1320. The lowest BCUT2D eigenvalue weighted by Gasteiger charge is -2.35. The molecule has 2 saturated heterocycles. The summed E-state index contributed by atoms with van der Waals surface area (Å²) in [6.45, 7) is 4.70. The fourth-order valence-corrected chi connectivity index (χ4v) is 5.30. The van der Waals surface area contributed by atoms with Crippen LogP contribution in [-0.2, 0) is 16.1 Å². The van der Waals surface area contributed by atoms with Gasteiger partial charge in [-0.25, -0.2) is 4.98 Å². The van der Waals surface area contributed by atoms with Gasteiger partial charge in [-0.05, 0) is 56.5 Å². The maximum atomic E-state index is 13.2. The number of ether oxygens (including phenoxy) is 2. The molecule has 2 fully saturated rings. The molecule has 3 aromatic rings. The van der Waals surface area contributed by atoms with E-state index >= 15 is 0 Å². The number of carbonyl (C=O) groups excluding carboxylic acids is 1. The molecule has 4 heterocycles. The van der Waals surface area contributed by atoms with E-state index in [1.54, 1.807) is 12.0 Å². The van der Waals surface area contributed by atoms with Gasteiger partial charge in [0, 0.05) is 38.3 Å². The van der Waals surface area contributed by atoms with E-state index in [1.807, 2.05) is 49.3 Å². The summed E-state index contributed by atoms with van der Waals surface area (Å²) < 4.78 is 11.0. The van der Waals surface area contributed by atoms with Crippen LogP contribution in [0.25, 0.3) is 22.3 Å². The van der Waals surface area contributed by atoms with Crippen LogP contribution in [-0.4, -0.2) is 90.5 Å². The van der Waals surface area contributed by atoms with E-state index in [0.717, 1.165) is 48.3 Å². The van der Waals surface area contributed by atoms with Crippen molar-refractivity contribution in [3.63, 3.8) is 0 Å². The topological polar surface area (TPSA) is 104 Å². The number of hydrogen-bond donors (Lipinski definition) is 1. The standard InChI is InChI=1S/C28H36N6O4/c1-18-17-38-14-13-34(18)26-21-9-10-22(19-8-11-24(37-4)20(15-19)16-35)29-25(21)30-28(31-26)33(3)23-7-5-6-12-32(2)27(23)36/h8-11,15,18,23,35H,5-7,12-14,16-17H2,1-4H3/t18-,23+/m0/s1. The molecule has 2 atom stereocenters. The van der Waals surface area contributed by atoms with Crippen LogP contribution in [0.15, 0.2) is 30.3 Å². The molecule has 202 valence electrons. The number of morpholine rings is 1. The number of carbonyl (C=O) groups is 1. The normalized spacial score (nSPS) is 20.5. The number of nitrogens with zero attached hydrogens (tertiary/aromatic N) is 6. The predicted molar refractivity (Wildman–Crippen MR) is 147 cm³/mol. The molecule has 0 radical (unpaired) electrons. The molecule has 10 nitrogen and oxygen atoms in total. The zero-order valence-electron chi connectivity index (χ0n) is 22.6. The second-order valence-electron chi connectivity index (χ2n) is 10.1. The first kappa shape index (κ1) is 26.1. The second-order valence-corrected chi connectivity index (χ2v) is 10.1. The lowest BCUT2D eigenvalue weighted by atomic mass is 10.1. The highest BCUT2D eigenvalue weighted by Crippen LogP contribution is 2.32. The quantitative estimate of drug-likeness (QED) is 0.525. The monoisotopic (exact) mass is 520 g/mol. The Morgan fingerprint density at radius 1 is 1.16 bits per heavy atom. The highest BCUT2D eigenvalue weighted by atomic mass is 16.5. The largest absolute Gasteiger partial charge is 0.496 e. The van der Waals surface area contributed by atoms with Crippen LogP contribution in [0.4, 0.5) is 11.8 Å². The van der Waals surface area contributed by atoms with E-state index < -0.39 is 0 Å². The summed E-state index contributed by atoms with van der Waals surface area (Å²) in [6.07, 6.45) is 2.72. The minimum absolute atomic E-state index is 0.0893. The molecule has 2 aliphatic rings. The fourth-order valence-electron chi connectivity index (χ4n) is 5.30. The first-order valence-corrected chi connectivity index (χ1v) is 13.2. The van der Waals surface area contributed by atoms with Crippen LogP contribution < -0.4 is 14.5 Å². The van der Waals surface area contributed by atoms with Gasteiger partial charge in [0.25, 0.3) is 0 Å². The molecule has 0 spiro atoms. The average molecular weight is 521 g/mol. The summed E-state index contributed by atoms with van der Waals surface area (Å²) >= 11 is 0. The number of anilines is 2. The summed E-state index contributed by atoms with van der Waals surface area (Å²) in [5.41, 5.74) is 2.83. The molecule has 2 aromatic heterocycles. The van der Waals surface area contributed by atoms with Crippen molar-refractivity contribution < 1.29 is 19.4 Å². The third-order valence-electron chi connectivity index (χ3n) is 7.58. The van der Waals surface area contributed by atoms with Gasteiger partial charge < -0.3 is 29.3 Å². The summed E-state index contributed by atoms with van der Waals surface area (Å²) in [5.74, 6) is 2.00. The molecule has 1 N–H and O–H groups in total. The van der Waals surface area contributed by atoms with Gasteiger partial charge in [0.1, 0.15) is 17.6 Å². The lowest BCUT2D eigenvalue weighted by molar-refractivity contribution is -0.130. The molecule has 10 heteroatoms. The SMILES string of the molecule is COc1ccc(-c2ccc3c(N4CCOC[C@@H]4C)nc(N(C)[C@@H]4CCCCN(C)C4=O)nc3n2)cc1CO. The van der Waals surface area contributed by atoms with Gasteiger partial charge in [-0.15, -0.1) is 0 Å². The van der Waals surface area contributed by atoms with Crippen molar-refractivity contribution in [2.45, 2.75) is 44.9 Å². The smallest absolute Gasteiger partial charge is 0.245 e. The molecule has 1 aromatic carbocycles. The Kier molecular flexibility index (Phi) is 7.62. The number of aromatic nitrogens is 3. The highest BCUT2D eigenvalue weighted by Gasteiger charge is 2.31. The third-order valence-corrected chi connectivity index (χ3v) is 7.58. The van der Waals surface area contributed by atoms with Crippen molar-refractivity contribution >= 4 is 28.7 Å². The number of fused-ring (bicyclic) bond motifs is 1. The minimum Gasteiger partial charge on any atom is -0.496 e. The number of pyridine rings is 1. The van der Waals surface area contributed by atoms with Crippen LogP contribution in [0.2, 0.25) is 0 Å². The molecular formula is C28H36N6O4. The van der Waals surface area contributed by atoms with Gasteiger partial charge in [0.15, 0.2) is 5.65 Å². The van der Waals surface area contributed by atoms with Crippen molar-refractivity contribution in [3.8, 4) is 17.0 Å². The summed E-state index contributed by atoms with van der Waals surface area (Å²) in [5, 5.41) is 10.7. The van der Waals surface area contributed by atoms with Crippen LogP contribution in [0.5, 0.6) is 5.75 Å². The number of methoxy groups -OCH3 is 1. The van der Waals surface area contributed by atoms with E-state index in [9.17, 15) is 9.90 Å². The van der Waals surface area contributed by atoms with E-state index in [0.29, 0.717) is 42.7 Å². The van der Waals surface area contributed by atoms with E-state index in [-0.39, 0.29) is 24.6 Å². The number of aliphatic hydroxyl groups excluding tert-OH is 1. The first-order valence-electron chi connectivity index (χ1n) is 13.2. The van der Waals surface area contributed by atoms with Crippen molar-refractivity contribution in [1.82, 2.24) is 19.9 Å². The number of rotatable bonds is 6. The maximum absolute atomic E-state index is 13.2. The number of amides is 1. The van der Waals surface area contributed by atoms with Crippen molar-refractivity contribution in [1.29, 1.82) is 0 Å². The van der Waals surface area contributed by atoms with E-state index in [2.05, 4.69) is 11.8 Å². The Balaban J connectivity index is 1.62. The third kappa shape index (κ3) is 4.98. The van der Waals surface area contributed by atoms with Gasteiger partial charge in [-0.2, -0.15) is 9.97 Å². The summed E-state index contributed by atoms with van der Waals surface area (Å²) in [7, 11) is 5.35. The predicted octanol–water partition coefficient (Wildman–Crippen LogP) is 2.86. The first-order chi connectivity index (χ1) is 18.4. The Morgan fingerprint density at radius 3 is 2.76 bits per heavy atom. The Labute approximate surface area is 223 Å². The number of aliphatic hydroxyl groups is 1. The molecule has 0 aliphatic carbocycles. The van der Waals surface area contributed by atoms with E-state index in [4.69, 9.17) is 24.4 Å². The average Bonchev–Trinajstić information content (AvgIpc) is 3.11. The van der Waals surface area contributed by atoms with Gasteiger partial charge in [-0.3, -0.25) is 4.79 Å². The van der Waals surface area contributed by atoms with Crippen LogP contribution in [0.1, 0.15) is 31.7 Å². The zero-order chi connectivity index (χ0) is 26.8. The van der Waals surface area contributed by atoms with Crippen LogP contribution in [0.3, 0.4) is 0 Å². The fraction of sp³-hybridized carbons (Fsp3) is 0.500. The van der Waals surface area contributed by atoms with Crippen molar-refractivity contribution in [2.24, 2.45) is 0 Å². The Morgan fingerprint density at radius 2 is 2.00 bits per heavy atom. The molecule has 0 bridgehead atoms. The van der Waals surface area contributed by atoms with Gasteiger partial charge in [0.2, 0.25) is 11.9 Å². The molecule has 1 amide bonds. The molecule has 0 saturated carbocycles. The lowest BCUT2D eigenvalue weighted by Crippen LogP contribution is -2.46. The Hall–Kier alpha value is -3.50. The molecular weight excluding hydrogens is 484 g/mol. The number of benzene rings is 1. The van der Waals surface area contributed by atoms with Crippen molar-refractivity contribution in [3.05, 3.63) is 35.9 Å². The molecule has 0 unspecified atom stereocenters. The number of likely N-dealkylation sites (tertiary alicyclic amines) is 1. The van der Waals surface area contributed by atoms with Gasteiger partial charge in [0.05, 0.1) is 44.1 Å². The maximum Gasteiger partial charge on any atom is 0.245 e. The van der Waals surface area contributed by atoms with Crippen molar-refractivity contribution in [2.75, 3.05) is 57.3 Å². The molecule has 2 aliphatic heterocycles. The van der Waals surface area contributed by atoms with Gasteiger partial charge in [-0.1, -0.05) is 0 Å². The summed E-state index contributed by atoms with van der Waals surface area (Å²) in [6, 6.07) is 9.41. The molecule has 5 rings (SSSR count). The number of likely N-dealkylation sites (N-methyl/N-ethyl adjacent to an activating group) is 2. The minimum atomic E-state index is -0.327. The second kappa shape index (κ2) is 11.1. The zero-order valence-corrected chi connectivity index (χ0v) is 22.6. The number of hydrogen-bond acceptors (Lipinski definition) is 9. The van der Waals surface area contributed by atoms with Crippen LogP contribution >= 0.6 is 0 Å². The van der Waals surface area contributed by atoms with Crippen LogP contribution in [0, 0.1) is 0 Å². The molecule has 38 heavy (non-hydrogen) atoms. The van der Waals surface area contributed by atoms with E-state index in [1.165, 1.54) is 0 Å².